The van der Waals surface area contributed by atoms with Crippen molar-refractivity contribution in [3.63, 3.8) is 0 Å². The number of aromatic nitrogens is 2. The Balaban J connectivity index is 3.01. The minimum Gasteiger partial charge on any atom is -0.474 e. The largest absolute Gasteiger partial charge is 0.474 e. The summed E-state index contributed by atoms with van der Waals surface area (Å²) < 4.78 is 10.5. The van der Waals surface area contributed by atoms with Gasteiger partial charge in [-0.05, 0) is 27.7 Å². The maximum Gasteiger partial charge on any atom is 0.345 e. The second-order valence-electron chi connectivity index (χ2n) is 4.07. The summed E-state index contributed by atoms with van der Waals surface area (Å²) in [4.78, 5) is 19.4. The number of carbonyl (C=O) groups excluding carboxylic acids is 1. The summed E-state index contributed by atoms with van der Waals surface area (Å²) in [7, 11) is 0. The molecule has 0 radical (unpaired) electrons. The van der Waals surface area contributed by atoms with Crippen molar-refractivity contribution in [2.24, 2.45) is 0 Å². The lowest BCUT2D eigenvalue weighted by Gasteiger charge is -2.13. The molecule has 0 bridgehead atoms. The number of hydrogen-bond acceptors (Lipinski definition) is 6. The van der Waals surface area contributed by atoms with Crippen molar-refractivity contribution in [3.8, 4) is 5.88 Å². The first-order valence-corrected chi connectivity index (χ1v) is 5.40. The third kappa shape index (κ3) is 3.90. The Labute approximate surface area is 100 Å². The summed E-state index contributed by atoms with van der Waals surface area (Å²) >= 11 is 0. The molecule has 0 amide bonds. The number of nitrogens with zero attached hydrogens (tertiary/aromatic N) is 2. The lowest BCUT2D eigenvalue weighted by atomic mass is 10.3. The van der Waals surface area contributed by atoms with Crippen molar-refractivity contribution in [3.05, 3.63) is 11.8 Å². The van der Waals surface area contributed by atoms with Crippen LogP contribution in [0.2, 0.25) is 0 Å². The molecule has 0 fully saturated rings. The number of anilines is 1. The highest BCUT2D eigenvalue weighted by Gasteiger charge is 2.18. The van der Waals surface area contributed by atoms with Gasteiger partial charge in [0.1, 0.15) is 5.56 Å². The van der Waals surface area contributed by atoms with Gasteiger partial charge in [0.25, 0.3) is 0 Å². The Morgan fingerprint density at radius 3 is 2.47 bits per heavy atom. The van der Waals surface area contributed by atoms with Crippen LogP contribution in [0.15, 0.2) is 6.20 Å². The van der Waals surface area contributed by atoms with Crippen LogP contribution < -0.4 is 10.5 Å². The number of rotatable bonds is 4. The van der Waals surface area contributed by atoms with Crippen LogP contribution in [0, 0.1) is 0 Å². The molecule has 0 saturated heterocycles. The molecule has 1 rings (SSSR count). The zero-order valence-electron chi connectivity index (χ0n) is 10.4. The fourth-order valence-corrected chi connectivity index (χ4v) is 1.11. The van der Waals surface area contributed by atoms with E-state index in [0.717, 1.165) is 0 Å². The lowest BCUT2D eigenvalue weighted by molar-refractivity contribution is 0.0370. The quantitative estimate of drug-likeness (QED) is 0.799. The number of ether oxygens (including phenoxy) is 2. The zero-order valence-corrected chi connectivity index (χ0v) is 10.4. The number of nitrogen functional groups attached to an aromatic ring is 1. The molecule has 6 nitrogen and oxygen atoms in total. The molecular weight excluding hydrogens is 222 g/mol. The normalized spacial score (nSPS) is 10.7. The number of esters is 1. The van der Waals surface area contributed by atoms with Crippen molar-refractivity contribution in [2.45, 2.75) is 39.9 Å². The summed E-state index contributed by atoms with van der Waals surface area (Å²) in [6.07, 6.45) is 0.979. The molecule has 0 atom stereocenters. The molecule has 0 aliphatic carbocycles. The maximum absolute atomic E-state index is 11.7. The molecule has 0 aromatic carbocycles. The van der Waals surface area contributed by atoms with Gasteiger partial charge in [-0.15, -0.1) is 0 Å². The highest BCUT2D eigenvalue weighted by Crippen LogP contribution is 2.18. The van der Waals surface area contributed by atoms with E-state index in [-0.39, 0.29) is 29.6 Å². The van der Waals surface area contributed by atoms with E-state index in [1.165, 1.54) is 6.20 Å². The summed E-state index contributed by atoms with van der Waals surface area (Å²) in [6, 6.07) is 0. The van der Waals surface area contributed by atoms with Gasteiger partial charge in [0.05, 0.1) is 18.4 Å². The van der Waals surface area contributed by atoms with Gasteiger partial charge < -0.3 is 15.2 Å². The Bertz CT molecular complexity index is 405. The molecule has 0 saturated carbocycles. The second-order valence-corrected chi connectivity index (χ2v) is 4.07. The Hall–Kier alpha value is -1.85. The van der Waals surface area contributed by atoms with E-state index in [0.29, 0.717) is 0 Å². The van der Waals surface area contributed by atoms with Gasteiger partial charge in [-0.2, -0.15) is 4.98 Å². The Morgan fingerprint density at radius 2 is 1.94 bits per heavy atom. The SMILES string of the molecule is CC(C)OC(=O)c1cnc(N)nc1OC(C)C. The van der Waals surface area contributed by atoms with Crippen LogP contribution >= 0.6 is 0 Å². The van der Waals surface area contributed by atoms with Crippen LogP contribution in [0.1, 0.15) is 38.1 Å². The van der Waals surface area contributed by atoms with E-state index in [1.807, 2.05) is 13.8 Å². The van der Waals surface area contributed by atoms with Gasteiger partial charge in [0, 0.05) is 0 Å². The Kier molecular flexibility index (Phi) is 4.25. The minimum atomic E-state index is -0.518. The monoisotopic (exact) mass is 239 g/mol. The highest BCUT2D eigenvalue weighted by molar-refractivity contribution is 5.91. The van der Waals surface area contributed by atoms with Crippen LogP contribution in [0.5, 0.6) is 5.88 Å². The molecule has 1 aromatic heterocycles. The Morgan fingerprint density at radius 1 is 1.29 bits per heavy atom. The predicted molar refractivity (Wildman–Crippen MR) is 62.8 cm³/mol. The number of carbonyl (C=O) groups is 1. The fraction of sp³-hybridized carbons (Fsp3) is 0.545. The fourth-order valence-electron chi connectivity index (χ4n) is 1.11. The van der Waals surface area contributed by atoms with E-state index in [4.69, 9.17) is 15.2 Å². The van der Waals surface area contributed by atoms with Crippen LogP contribution in [0.4, 0.5) is 5.95 Å². The molecule has 1 heterocycles. The molecular formula is C11H17N3O3. The summed E-state index contributed by atoms with van der Waals surface area (Å²) in [5.74, 6) is -0.310. The third-order valence-electron chi connectivity index (χ3n) is 1.68. The van der Waals surface area contributed by atoms with Gasteiger partial charge in [0.15, 0.2) is 0 Å². The van der Waals surface area contributed by atoms with E-state index in [1.54, 1.807) is 13.8 Å². The highest BCUT2D eigenvalue weighted by atomic mass is 16.5. The lowest BCUT2D eigenvalue weighted by Crippen LogP contribution is -2.17. The maximum atomic E-state index is 11.7. The first-order chi connectivity index (χ1) is 7.90. The molecule has 0 aliphatic heterocycles. The van der Waals surface area contributed by atoms with E-state index in [9.17, 15) is 4.79 Å². The second kappa shape index (κ2) is 5.47. The predicted octanol–water partition coefficient (Wildman–Crippen LogP) is 1.41. The summed E-state index contributed by atoms with van der Waals surface area (Å²) in [5, 5.41) is 0. The molecule has 94 valence electrons. The average Bonchev–Trinajstić information content (AvgIpc) is 2.15. The van der Waals surface area contributed by atoms with Gasteiger partial charge >= 0.3 is 5.97 Å². The van der Waals surface area contributed by atoms with E-state index < -0.39 is 5.97 Å². The van der Waals surface area contributed by atoms with Gasteiger partial charge in [-0.3, -0.25) is 0 Å². The van der Waals surface area contributed by atoms with Crippen molar-refractivity contribution in [1.29, 1.82) is 0 Å². The van der Waals surface area contributed by atoms with E-state index >= 15 is 0 Å². The molecule has 6 heteroatoms. The first kappa shape index (κ1) is 13.2. The standard InChI is InChI=1S/C11H17N3O3/c1-6(2)16-9-8(5-13-11(12)14-9)10(15)17-7(3)4/h5-7H,1-4H3,(H2,12,13,14). The average molecular weight is 239 g/mol. The summed E-state index contributed by atoms with van der Waals surface area (Å²) in [6.45, 7) is 7.18. The van der Waals surface area contributed by atoms with Crippen LogP contribution in [0.25, 0.3) is 0 Å². The van der Waals surface area contributed by atoms with Crippen LogP contribution in [-0.2, 0) is 4.74 Å². The number of nitrogens with two attached hydrogens (primary N) is 1. The van der Waals surface area contributed by atoms with Gasteiger partial charge in [-0.25, -0.2) is 9.78 Å². The molecule has 0 aliphatic rings. The van der Waals surface area contributed by atoms with Crippen LogP contribution in [0.3, 0.4) is 0 Å². The van der Waals surface area contributed by atoms with Crippen molar-refractivity contribution in [1.82, 2.24) is 9.97 Å². The van der Waals surface area contributed by atoms with E-state index in [2.05, 4.69) is 9.97 Å². The smallest absolute Gasteiger partial charge is 0.345 e. The van der Waals surface area contributed by atoms with Crippen molar-refractivity contribution < 1.29 is 14.3 Å². The molecule has 0 unspecified atom stereocenters. The zero-order chi connectivity index (χ0) is 13.0. The van der Waals surface area contributed by atoms with Gasteiger partial charge in [0.2, 0.25) is 11.8 Å². The third-order valence-corrected chi connectivity index (χ3v) is 1.68. The van der Waals surface area contributed by atoms with Gasteiger partial charge in [-0.1, -0.05) is 0 Å². The van der Waals surface area contributed by atoms with Crippen molar-refractivity contribution >= 4 is 11.9 Å². The first-order valence-electron chi connectivity index (χ1n) is 5.40. The molecule has 17 heavy (non-hydrogen) atoms. The van der Waals surface area contributed by atoms with Crippen molar-refractivity contribution in [2.75, 3.05) is 5.73 Å². The van der Waals surface area contributed by atoms with Crippen LogP contribution in [-0.4, -0.2) is 28.1 Å². The minimum absolute atomic E-state index is 0.0572. The topological polar surface area (TPSA) is 87.3 Å². The molecule has 2 N–H and O–H groups in total. The summed E-state index contributed by atoms with van der Waals surface area (Å²) in [5.41, 5.74) is 5.63. The number of hydrogen-bond donors (Lipinski definition) is 1. The molecule has 1 aromatic rings. The molecule has 0 spiro atoms.